The second-order valence-corrected chi connectivity index (χ2v) is 11.8. The van der Waals surface area contributed by atoms with E-state index in [0.29, 0.717) is 5.82 Å². The van der Waals surface area contributed by atoms with Gasteiger partial charge in [0.05, 0.1) is 22.6 Å². The van der Waals surface area contributed by atoms with Crippen LogP contribution in [0.2, 0.25) is 0 Å². The summed E-state index contributed by atoms with van der Waals surface area (Å²) in [5.74, 6) is 0.715. The van der Waals surface area contributed by atoms with Crippen LogP contribution in [0.15, 0.2) is 164 Å². The molecule has 0 spiro atoms. The predicted octanol–water partition coefficient (Wildman–Crippen LogP) is 11.2. The lowest BCUT2D eigenvalue weighted by Crippen LogP contribution is -2.00. The van der Waals surface area contributed by atoms with Gasteiger partial charge in [0.2, 0.25) is 0 Å². The molecule has 0 fully saturated rings. The van der Waals surface area contributed by atoms with Crippen LogP contribution in [0, 0.1) is 0 Å². The highest BCUT2D eigenvalue weighted by Gasteiger charge is 2.24. The molecule has 1 aliphatic rings. The lowest BCUT2D eigenvalue weighted by molar-refractivity contribution is 1.13. The Labute approximate surface area is 273 Å². The van der Waals surface area contributed by atoms with Crippen molar-refractivity contribution in [2.75, 3.05) is 0 Å². The Morgan fingerprint density at radius 1 is 0.426 bits per heavy atom. The van der Waals surface area contributed by atoms with E-state index in [1.807, 2.05) is 36.4 Å². The highest BCUT2D eigenvalue weighted by molar-refractivity contribution is 6.09. The lowest BCUT2D eigenvalue weighted by atomic mass is 9.90. The molecule has 8 aromatic rings. The van der Waals surface area contributed by atoms with Gasteiger partial charge in [-0.05, 0) is 41.0 Å². The van der Waals surface area contributed by atoms with Gasteiger partial charge >= 0.3 is 0 Å². The standard InChI is InChI=1S/C44H29N3/c1-3-15-32(16-4-1)39-29-40(46-44(45-39)34-17-5-2-6-18-34)33-25-27-35(28-26-33)47-41-22-12-11-21-38(41)42-36-19-9-7-13-30(36)23-24-31-14-8-10-20-37(31)43(42)47/h1-29H. The van der Waals surface area contributed by atoms with Gasteiger partial charge in [-0.15, -0.1) is 0 Å². The summed E-state index contributed by atoms with van der Waals surface area (Å²) in [5, 5.41) is 1.24. The van der Waals surface area contributed by atoms with Crippen LogP contribution in [0.3, 0.4) is 0 Å². The molecule has 1 aliphatic carbocycles. The third-order valence-electron chi connectivity index (χ3n) is 9.01. The Morgan fingerprint density at radius 2 is 0.957 bits per heavy atom. The molecular formula is C44H29N3. The zero-order chi connectivity index (χ0) is 31.2. The number of para-hydroxylation sites is 1. The fourth-order valence-corrected chi connectivity index (χ4v) is 6.79. The van der Waals surface area contributed by atoms with Gasteiger partial charge in [0.15, 0.2) is 5.82 Å². The summed E-state index contributed by atoms with van der Waals surface area (Å²) in [5.41, 5.74) is 14.5. The van der Waals surface area contributed by atoms with Gasteiger partial charge in [-0.2, -0.15) is 0 Å². The average Bonchev–Trinajstić information content (AvgIpc) is 3.48. The normalized spacial score (nSPS) is 11.7. The maximum Gasteiger partial charge on any atom is 0.160 e. The summed E-state index contributed by atoms with van der Waals surface area (Å²) in [6.07, 6.45) is 4.49. The van der Waals surface area contributed by atoms with E-state index in [9.17, 15) is 0 Å². The minimum atomic E-state index is 0.715. The van der Waals surface area contributed by atoms with E-state index in [0.717, 1.165) is 33.8 Å². The van der Waals surface area contributed by atoms with E-state index in [1.165, 1.54) is 44.4 Å². The molecule has 2 aromatic heterocycles. The van der Waals surface area contributed by atoms with Crippen LogP contribution in [-0.4, -0.2) is 14.5 Å². The van der Waals surface area contributed by atoms with Crippen LogP contribution in [-0.2, 0) is 0 Å². The zero-order valence-corrected chi connectivity index (χ0v) is 25.6. The number of hydrogen-bond acceptors (Lipinski definition) is 2. The SMILES string of the molecule is C1=Cc2ccccc2-c2c(c3ccccc3n2-c2ccc(-c3cc(-c4ccccc4)nc(-c4ccccc4)n3)cc2)-c2ccccc21. The molecule has 0 saturated heterocycles. The zero-order valence-electron chi connectivity index (χ0n) is 25.6. The Balaban J connectivity index is 1.24. The Bertz CT molecular complexity index is 2380. The molecule has 6 aromatic carbocycles. The van der Waals surface area contributed by atoms with Crippen molar-refractivity contribution in [2.24, 2.45) is 0 Å². The lowest BCUT2D eigenvalue weighted by Gasteiger charge is -2.18. The van der Waals surface area contributed by atoms with E-state index in [4.69, 9.17) is 9.97 Å². The van der Waals surface area contributed by atoms with Crippen LogP contribution in [0.5, 0.6) is 0 Å². The highest BCUT2D eigenvalue weighted by Crippen LogP contribution is 2.46. The molecule has 47 heavy (non-hydrogen) atoms. The maximum absolute atomic E-state index is 5.06. The molecule has 0 N–H and O–H groups in total. The minimum Gasteiger partial charge on any atom is -0.309 e. The molecular weight excluding hydrogens is 571 g/mol. The second kappa shape index (κ2) is 11.2. The molecule has 220 valence electrons. The Kier molecular flexibility index (Phi) is 6.46. The van der Waals surface area contributed by atoms with Gasteiger partial charge in [0.1, 0.15) is 0 Å². The van der Waals surface area contributed by atoms with Crippen molar-refractivity contribution in [2.45, 2.75) is 0 Å². The number of rotatable bonds is 4. The molecule has 2 heterocycles. The van der Waals surface area contributed by atoms with Crippen molar-refractivity contribution >= 4 is 23.1 Å². The molecule has 3 heteroatoms. The van der Waals surface area contributed by atoms with Crippen molar-refractivity contribution in [3.05, 3.63) is 175 Å². The van der Waals surface area contributed by atoms with E-state index in [2.05, 4.69) is 144 Å². The predicted molar refractivity (Wildman–Crippen MR) is 195 cm³/mol. The third-order valence-corrected chi connectivity index (χ3v) is 9.01. The summed E-state index contributed by atoms with van der Waals surface area (Å²) >= 11 is 0. The van der Waals surface area contributed by atoms with Gasteiger partial charge in [-0.3, -0.25) is 0 Å². The first-order valence-electron chi connectivity index (χ1n) is 15.9. The first-order chi connectivity index (χ1) is 23.3. The van der Waals surface area contributed by atoms with Gasteiger partial charge in [-0.1, -0.05) is 152 Å². The van der Waals surface area contributed by atoms with E-state index in [-0.39, 0.29) is 0 Å². The summed E-state index contributed by atoms with van der Waals surface area (Å²) in [4.78, 5) is 10.0. The largest absolute Gasteiger partial charge is 0.309 e. The van der Waals surface area contributed by atoms with Crippen molar-refractivity contribution in [1.29, 1.82) is 0 Å². The molecule has 0 aliphatic heterocycles. The van der Waals surface area contributed by atoms with Crippen LogP contribution < -0.4 is 0 Å². The summed E-state index contributed by atoms with van der Waals surface area (Å²) < 4.78 is 2.42. The Morgan fingerprint density at radius 3 is 1.66 bits per heavy atom. The van der Waals surface area contributed by atoms with Gasteiger partial charge in [-0.25, -0.2) is 9.97 Å². The van der Waals surface area contributed by atoms with Crippen LogP contribution in [0.25, 0.3) is 85.0 Å². The van der Waals surface area contributed by atoms with Crippen LogP contribution >= 0.6 is 0 Å². The molecule has 9 rings (SSSR count). The molecule has 0 radical (unpaired) electrons. The van der Waals surface area contributed by atoms with E-state index in [1.54, 1.807) is 0 Å². The quantitative estimate of drug-likeness (QED) is 0.201. The topological polar surface area (TPSA) is 30.7 Å². The van der Waals surface area contributed by atoms with E-state index < -0.39 is 0 Å². The van der Waals surface area contributed by atoms with Gasteiger partial charge in [0, 0.05) is 38.9 Å². The average molecular weight is 600 g/mol. The summed E-state index contributed by atoms with van der Waals surface area (Å²) in [7, 11) is 0. The number of benzene rings is 6. The molecule has 0 amide bonds. The second-order valence-electron chi connectivity index (χ2n) is 11.8. The molecule has 0 unspecified atom stereocenters. The molecule has 0 atom stereocenters. The number of nitrogens with zero attached hydrogens (tertiary/aromatic N) is 3. The van der Waals surface area contributed by atoms with Crippen LogP contribution in [0.4, 0.5) is 0 Å². The Hall–Kier alpha value is -6.32. The maximum atomic E-state index is 5.06. The summed E-state index contributed by atoms with van der Waals surface area (Å²) in [6.45, 7) is 0. The third kappa shape index (κ3) is 4.68. The number of hydrogen-bond donors (Lipinski definition) is 0. The van der Waals surface area contributed by atoms with Crippen molar-refractivity contribution in [3.63, 3.8) is 0 Å². The number of fused-ring (bicyclic) bond motifs is 7. The van der Waals surface area contributed by atoms with Gasteiger partial charge in [0.25, 0.3) is 0 Å². The fraction of sp³-hybridized carbons (Fsp3) is 0. The molecule has 0 saturated carbocycles. The monoisotopic (exact) mass is 599 g/mol. The van der Waals surface area contributed by atoms with Crippen molar-refractivity contribution < 1.29 is 0 Å². The fourth-order valence-electron chi connectivity index (χ4n) is 6.79. The minimum absolute atomic E-state index is 0.715. The van der Waals surface area contributed by atoms with Crippen LogP contribution in [0.1, 0.15) is 11.1 Å². The summed E-state index contributed by atoms with van der Waals surface area (Å²) in [6, 6.07) is 57.6. The van der Waals surface area contributed by atoms with E-state index >= 15 is 0 Å². The molecule has 0 bridgehead atoms. The molecule has 3 nitrogen and oxygen atoms in total. The first-order valence-corrected chi connectivity index (χ1v) is 15.9. The van der Waals surface area contributed by atoms with Crippen molar-refractivity contribution in [3.8, 4) is 62.0 Å². The van der Waals surface area contributed by atoms with Crippen molar-refractivity contribution in [1.82, 2.24) is 14.5 Å². The van der Waals surface area contributed by atoms with Gasteiger partial charge < -0.3 is 4.57 Å². The highest BCUT2D eigenvalue weighted by atomic mass is 15.0. The smallest absolute Gasteiger partial charge is 0.160 e. The first kappa shape index (κ1) is 27.0. The number of aromatic nitrogens is 3.